The van der Waals surface area contributed by atoms with Crippen molar-refractivity contribution < 1.29 is 6.48 Å². The van der Waals surface area contributed by atoms with Crippen LogP contribution in [0.4, 0.5) is 0 Å². The topological polar surface area (TPSA) is 46.2 Å². The number of aromatic hydroxyl groups is 1. The predicted octanol–water partition coefficient (Wildman–Crippen LogP) is 0.893. The normalized spacial score (nSPS) is 14.3. The van der Waals surface area contributed by atoms with Crippen molar-refractivity contribution in [1.29, 1.82) is 0 Å². The highest BCUT2D eigenvalue weighted by Gasteiger charge is 1.89. The van der Waals surface area contributed by atoms with Crippen molar-refractivity contribution in [2.24, 2.45) is 5.73 Å². The maximum Gasteiger partial charge on any atom is 0.115 e. The molecule has 2 nitrogen and oxygen atoms in total. The lowest BCUT2D eigenvalue weighted by atomic mass is 10.1. The second-order valence-corrected chi connectivity index (χ2v) is 2.11. The molecule has 0 aliphatic carbocycles. The van der Waals surface area contributed by atoms with Crippen molar-refractivity contribution in [3.63, 3.8) is 0 Å². The Hall–Kier alpha value is -1.02. The lowest BCUT2D eigenvalue weighted by Gasteiger charge is -1.96. The first-order chi connectivity index (χ1) is 5.18. The lowest BCUT2D eigenvalue weighted by molar-refractivity contribution is 0.475. The van der Waals surface area contributed by atoms with Gasteiger partial charge in [-0.2, -0.15) is 0 Å². The first-order valence-corrected chi connectivity index (χ1v) is 3.14. The van der Waals surface area contributed by atoms with E-state index in [4.69, 9.17) is 12.2 Å². The largest absolute Gasteiger partial charge is 0.508 e. The molecule has 1 atom stereocenters. The summed E-state index contributed by atoms with van der Waals surface area (Å²) in [7, 11) is 0. The first-order valence-electron chi connectivity index (χ1n) is 3.72. The Morgan fingerprint density at radius 2 is 2.00 bits per heavy atom. The summed E-state index contributed by atoms with van der Waals surface area (Å²) in [5.74, 6) is 0.243. The molecule has 0 fully saturated rings. The Kier molecular flexibility index (Phi) is 1.85. The molecule has 3 N–H and O–H groups in total. The molecule has 10 heavy (non-hydrogen) atoms. The van der Waals surface area contributed by atoms with E-state index in [1.165, 1.54) is 0 Å². The van der Waals surface area contributed by atoms with E-state index in [0.29, 0.717) is 6.42 Å². The Morgan fingerprint density at radius 3 is 2.50 bits per heavy atom. The van der Waals surface area contributed by atoms with Crippen molar-refractivity contribution in [1.82, 2.24) is 0 Å². The van der Waals surface area contributed by atoms with Crippen LogP contribution in [0.5, 0.6) is 5.75 Å². The van der Waals surface area contributed by atoms with E-state index in [-0.39, 0.29) is 5.75 Å². The van der Waals surface area contributed by atoms with E-state index in [1.807, 2.05) is 0 Å². The van der Waals surface area contributed by atoms with Gasteiger partial charge in [0.2, 0.25) is 0 Å². The highest BCUT2D eigenvalue weighted by molar-refractivity contribution is 5.25. The molecule has 54 valence electrons. The maximum absolute atomic E-state index is 8.91. The minimum atomic E-state index is -0.570. The third-order valence-electron chi connectivity index (χ3n) is 1.29. The number of benzene rings is 1. The van der Waals surface area contributed by atoms with Gasteiger partial charge in [0, 0.05) is 1.37 Å². The predicted molar refractivity (Wildman–Crippen MR) is 40.9 cm³/mol. The second kappa shape index (κ2) is 3.22. The molecule has 0 saturated carbocycles. The van der Waals surface area contributed by atoms with Crippen molar-refractivity contribution in [3.8, 4) is 5.75 Å². The van der Waals surface area contributed by atoms with E-state index in [0.717, 1.165) is 5.56 Å². The summed E-state index contributed by atoms with van der Waals surface area (Å²) in [6.07, 6.45) is 0.528. The summed E-state index contributed by atoms with van der Waals surface area (Å²) in [5.41, 5.74) is 6.24. The highest BCUT2D eigenvalue weighted by atomic mass is 16.3. The maximum atomic E-state index is 8.91. The summed E-state index contributed by atoms with van der Waals surface area (Å²) in [5, 5.41) is 8.91. The molecule has 0 aliphatic rings. The number of hydrogen-bond acceptors (Lipinski definition) is 2. The van der Waals surface area contributed by atoms with Gasteiger partial charge in [-0.25, -0.2) is 0 Å². The van der Waals surface area contributed by atoms with Crippen molar-refractivity contribution in [2.75, 3.05) is 6.52 Å². The molecule has 0 spiro atoms. The van der Waals surface area contributed by atoms with Gasteiger partial charge in [-0.3, -0.25) is 0 Å². The van der Waals surface area contributed by atoms with Crippen LogP contribution < -0.4 is 5.73 Å². The fraction of sp³-hybridized carbons (Fsp3) is 0.250. The zero-order chi connectivity index (χ0) is 8.27. The van der Waals surface area contributed by atoms with Crippen LogP contribution in [0.15, 0.2) is 24.3 Å². The smallest absolute Gasteiger partial charge is 0.115 e. The van der Waals surface area contributed by atoms with Gasteiger partial charge in [-0.1, -0.05) is 12.1 Å². The Bertz CT molecular complexity index is 220. The molecule has 0 aromatic heterocycles. The molecule has 0 bridgehead atoms. The van der Waals surface area contributed by atoms with Gasteiger partial charge in [0.1, 0.15) is 5.75 Å². The molecule has 1 aromatic rings. The van der Waals surface area contributed by atoms with Gasteiger partial charge in [0.15, 0.2) is 0 Å². The van der Waals surface area contributed by atoms with Crippen LogP contribution in [0.25, 0.3) is 0 Å². The fourth-order valence-electron chi connectivity index (χ4n) is 0.768. The van der Waals surface area contributed by atoms with Crippen molar-refractivity contribution in [3.05, 3.63) is 29.8 Å². The summed E-state index contributed by atoms with van der Waals surface area (Å²) < 4.78 is 7.08. The lowest BCUT2D eigenvalue weighted by Crippen LogP contribution is -2.01. The van der Waals surface area contributed by atoms with Crippen molar-refractivity contribution >= 4 is 0 Å². The minimum Gasteiger partial charge on any atom is -0.508 e. The van der Waals surface area contributed by atoms with Crippen LogP contribution in [0, 0.1) is 0 Å². The first kappa shape index (κ1) is 5.74. The Balaban J connectivity index is 2.66. The zero-order valence-corrected chi connectivity index (χ0v) is 5.62. The fourth-order valence-corrected chi connectivity index (χ4v) is 0.768. The second-order valence-electron chi connectivity index (χ2n) is 2.11. The molecule has 0 saturated heterocycles. The summed E-state index contributed by atoms with van der Waals surface area (Å²) in [4.78, 5) is 0. The number of nitrogens with two attached hydrogens (primary N) is 1. The SMILES string of the molecule is [2H][C@H](N)Cc1ccc(O)cc1. The minimum absolute atomic E-state index is 0.243. The highest BCUT2D eigenvalue weighted by Crippen LogP contribution is 2.09. The number of hydrogen-bond donors (Lipinski definition) is 2. The van der Waals surface area contributed by atoms with Gasteiger partial charge < -0.3 is 10.8 Å². The van der Waals surface area contributed by atoms with Gasteiger partial charge in [-0.15, -0.1) is 0 Å². The monoisotopic (exact) mass is 138 g/mol. The van der Waals surface area contributed by atoms with E-state index in [2.05, 4.69) is 0 Å². The molecular formula is C8H11NO. The van der Waals surface area contributed by atoms with Crippen LogP contribution >= 0.6 is 0 Å². The Morgan fingerprint density at radius 1 is 1.40 bits per heavy atom. The molecule has 0 heterocycles. The third-order valence-corrected chi connectivity index (χ3v) is 1.29. The average Bonchev–Trinajstić information content (AvgIpc) is 1.93. The molecule has 2 heteroatoms. The molecule has 0 aliphatic heterocycles. The number of rotatable bonds is 2. The molecular weight excluding hydrogens is 126 g/mol. The van der Waals surface area contributed by atoms with E-state index >= 15 is 0 Å². The van der Waals surface area contributed by atoms with E-state index in [1.54, 1.807) is 24.3 Å². The van der Waals surface area contributed by atoms with E-state index < -0.39 is 6.52 Å². The van der Waals surface area contributed by atoms with Gasteiger partial charge in [0.05, 0.1) is 0 Å². The van der Waals surface area contributed by atoms with Gasteiger partial charge >= 0.3 is 0 Å². The van der Waals surface area contributed by atoms with E-state index in [9.17, 15) is 0 Å². The third kappa shape index (κ3) is 1.74. The van der Waals surface area contributed by atoms with Gasteiger partial charge in [-0.05, 0) is 30.6 Å². The summed E-state index contributed by atoms with van der Waals surface area (Å²) in [6.45, 7) is -0.570. The summed E-state index contributed by atoms with van der Waals surface area (Å²) in [6, 6.07) is 6.73. The van der Waals surface area contributed by atoms with Crippen LogP contribution in [0.2, 0.25) is 0 Å². The van der Waals surface area contributed by atoms with Gasteiger partial charge in [0.25, 0.3) is 0 Å². The zero-order valence-electron chi connectivity index (χ0n) is 6.62. The van der Waals surface area contributed by atoms with Crippen LogP contribution in [-0.4, -0.2) is 11.6 Å². The van der Waals surface area contributed by atoms with Crippen molar-refractivity contribution in [2.45, 2.75) is 6.42 Å². The number of phenols is 1. The van der Waals surface area contributed by atoms with Crippen LogP contribution in [0.3, 0.4) is 0 Å². The Labute approximate surface area is 61.7 Å². The molecule has 0 radical (unpaired) electrons. The molecule has 1 rings (SSSR count). The number of aryl methyl sites for hydroxylation is 1. The quantitative estimate of drug-likeness (QED) is 0.637. The van der Waals surface area contributed by atoms with Crippen LogP contribution in [0.1, 0.15) is 6.93 Å². The standard InChI is InChI=1S/C8H11NO/c9-6-5-7-1-3-8(10)4-2-7/h1-4,10H,5-6,9H2/i6D/t6-/m0/s1. The molecule has 0 amide bonds. The van der Waals surface area contributed by atoms with Crippen LogP contribution in [-0.2, 0) is 6.42 Å². The molecule has 0 unspecified atom stereocenters. The average molecular weight is 138 g/mol. The summed E-state index contributed by atoms with van der Waals surface area (Å²) >= 11 is 0. The number of phenolic OH excluding ortho intramolecular Hbond substituents is 1. The molecule has 1 aromatic carbocycles.